The average Bonchev–Trinajstić information content (AvgIpc) is 2.21. The average molecular weight is 235 g/mol. The van der Waals surface area contributed by atoms with Crippen LogP contribution >= 0.6 is 23.5 Å². The molecule has 3 heteroatoms. The lowest BCUT2D eigenvalue weighted by Gasteiger charge is -2.03. The first kappa shape index (κ1) is 14.7. The largest absolute Gasteiger partial charge is 0.317 e. The van der Waals surface area contributed by atoms with Crippen molar-refractivity contribution in [2.75, 3.05) is 37.1 Å². The van der Waals surface area contributed by atoms with Crippen LogP contribution in [0.15, 0.2) is 0 Å². The van der Waals surface area contributed by atoms with E-state index >= 15 is 0 Å². The highest BCUT2D eigenvalue weighted by Crippen LogP contribution is 2.01. The lowest BCUT2D eigenvalue weighted by molar-refractivity contribution is 0.598. The van der Waals surface area contributed by atoms with Gasteiger partial charge in [0.25, 0.3) is 0 Å². The summed E-state index contributed by atoms with van der Waals surface area (Å²) in [5.41, 5.74) is 0. The van der Waals surface area contributed by atoms with E-state index in [9.17, 15) is 0 Å². The molecule has 0 radical (unpaired) electrons. The Balaban J connectivity index is 2.78. The van der Waals surface area contributed by atoms with Gasteiger partial charge in [0.05, 0.1) is 0 Å². The Labute approximate surface area is 98.2 Å². The molecule has 1 nitrogen and oxygen atoms in total. The molecule has 0 bridgehead atoms. The maximum absolute atomic E-state index is 3.51. The van der Waals surface area contributed by atoms with Crippen molar-refractivity contribution in [2.45, 2.75) is 32.1 Å². The van der Waals surface area contributed by atoms with Crippen LogP contribution in [0.1, 0.15) is 32.1 Å². The first-order valence-electron chi connectivity index (χ1n) is 5.60. The summed E-state index contributed by atoms with van der Waals surface area (Å²) >= 11 is 3.91. The first-order valence-corrected chi connectivity index (χ1v) is 8.39. The Kier molecular flexibility index (Phi) is 14.3. The van der Waals surface area contributed by atoms with Crippen molar-refractivity contribution in [3.63, 3.8) is 0 Å². The van der Waals surface area contributed by atoms with Crippen molar-refractivity contribution < 1.29 is 0 Å². The summed E-state index contributed by atoms with van der Waals surface area (Å²) in [5, 5.41) is 3.51. The maximum atomic E-state index is 3.51. The molecule has 0 aromatic carbocycles. The van der Waals surface area contributed by atoms with Gasteiger partial charge in [0.1, 0.15) is 0 Å². The van der Waals surface area contributed by atoms with E-state index in [1.54, 1.807) is 0 Å². The molecule has 0 fully saturated rings. The van der Waals surface area contributed by atoms with Gasteiger partial charge >= 0.3 is 0 Å². The summed E-state index contributed by atoms with van der Waals surface area (Å²) in [4.78, 5) is 0. The molecule has 14 heavy (non-hydrogen) atoms. The number of unbranched alkanes of at least 4 members (excludes halogenated alkanes) is 3. The summed E-state index contributed by atoms with van der Waals surface area (Å²) in [6.07, 6.45) is 11.2. The molecule has 1 N–H and O–H groups in total. The Morgan fingerprint density at radius 2 is 1.21 bits per heavy atom. The highest BCUT2D eigenvalue weighted by molar-refractivity contribution is 7.98. The quantitative estimate of drug-likeness (QED) is 0.552. The predicted octanol–water partition coefficient (Wildman–Crippen LogP) is 3.25. The number of thioether (sulfide) groups is 2. The van der Waals surface area contributed by atoms with Crippen LogP contribution in [0.25, 0.3) is 0 Å². The third-order valence-electron chi connectivity index (χ3n) is 2.15. The predicted molar refractivity (Wildman–Crippen MR) is 72.7 cm³/mol. The molecule has 86 valence electrons. The summed E-state index contributed by atoms with van der Waals surface area (Å²) in [6, 6.07) is 0. The van der Waals surface area contributed by atoms with Crippen molar-refractivity contribution in [1.82, 2.24) is 5.32 Å². The van der Waals surface area contributed by atoms with Crippen molar-refractivity contribution in [1.29, 1.82) is 0 Å². The van der Waals surface area contributed by atoms with Gasteiger partial charge in [0, 0.05) is 0 Å². The summed E-state index contributed by atoms with van der Waals surface area (Å²) in [6.45, 7) is 2.43. The number of rotatable bonds is 11. The lowest BCUT2D eigenvalue weighted by atomic mass is 10.2. The van der Waals surface area contributed by atoms with Crippen molar-refractivity contribution in [2.24, 2.45) is 0 Å². The molecule has 0 heterocycles. The van der Waals surface area contributed by atoms with E-state index in [1.807, 2.05) is 23.5 Å². The fourth-order valence-corrected chi connectivity index (χ4v) is 2.28. The highest BCUT2D eigenvalue weighted by atomic mass is 32.2. The molecule has 0 aliphatic heterocycles. The molecule has 0 aromatic heterocycles. The molecule has 0 aliphatic rings. The Morgan fingerprint density at radius 1 is 0.714 bits per heavy atom. The molecule has 0 aromatic rings. The van der Waals surface area contributed by atoms with Crippen LogP contribution in [-0.2, 0) is 0 Å². The minimum atomic E-state index is 1.21. The molecule has 0 aliphatic carbocycles. The van der Waals surface area contributed by atoms with Gasteiger partial charge in [0.15, 0.2) is 0 Å². The Bertz CT molecular complexity index is 87.3. The van der Waals surface area contributed by atoms with Crippen molar-refractivity contribution >= 4 is 23.5 Å². The second-order valence-corrected chi connectivity index (χ2v) is 5.47. The fraction of sp³-hybridized carbons (Fsp3) is 1.00. The van der Waals surface area contributed by atoms with E-state index in [1.165, 1.54) is 56.7 Å². The third kappa shape index (κ3) is 12.7. The van der Waals surface area contributed by atoms with Gasteiger partial charge in [-0.3, -0.25) is 0 Å². The zero-order valence-electron chi connectivity index (χ0n) is 9.68. The first-order chi connectivity index (χ1) is 6.91. The van der Waals surface area contributed by atoms with E-state index in [4.69, 9.17) is 0 Å². The second-order valence-electron chi connectivity index (χ2n) is 3.50. The maximum Gasteiger partial charge on any atom is -0.00486 e. The minimum absolute atomic E-state index is 1.21. The minimum Gasteiger partial charge on any atom is -0.317 e. The fourth-order valence-electron chi connectivity index (χ4n) is 1.29. The van der Waals surface area contributed by atoms with E-state index in [0.29, 0.717) is 0 Å². The Morgan fingerprint density at radius 3 is 1.79 bits per heavy atom. The topological polar surface area (TPSA) is 12.0 Å². The standard InChI is InChI=1S/C11H25NS2/c1-13-10-6-3-4-8-12-9-5-7-11-14-2/h12H,3-11H2,1-2H3. The molecule has 0 rings (SSSR count). The van der Waals surface area contributed by atoms with Gasteiger partial charge in [-0.25, -0.2) is 0 Å². The molecular weight excluding hydrogens is 210 g/mol. The van der Waals surface area contributed by atoms with Gasteiger partial charge in [-0.15, -0.1) is 0 Å². The van der Waals surface area contributed by atoms with Crippen LogP contribution in [0.4, 0.5) is 0 Å². The molecule has 0 unspecified atom stereocenters. The summed E-state index contributed by atoms with van der Waals surface area (Å²) < 4.78 is 0. The van der Waals surface area contributed by atoms with Gasteiger partial charge in [-0.05, 0) is 62.8 Å². The van der Waals surface area contributed by atoms with Crippen LogP contribution in [0, 0.1) is 0 Å². The third-order valence-corrected chi connectivity index (χ3v) is 3.55. The smallest absolute Gasteiger partial charge is 0.00486 e. The van der Waals surface area contributed by atoms with Crippen LogP contribution in [0.5, 0.6) is 0 Å². The van der Waals surface area contributed by atoms with E-state index < -0.39 is 0 Å². The van der Waals surface area contributed by atoms with Gasteiger partial charge in [0.2, 0.25) is 0 Å². The SMILES string of the molecule is CSCCCCCNCCCCSC. The number of hydrogen-bond donors (Lipinski definition) is 1. The summed E-state index contributed by atoms with van der Waals surface area (Å²) in [5.74, 6) is 2.64. The van der Waals surface area contributed by atoms with Crippen molar-refractivity contribution in [3.05, 3.63) is 0 Å². The van der Waals surface area contributed by atoms with Gasteiger partial charge < -0.3 is 5.32 Å². The van der Waals surface area contributed by atoms with E-state index in [-0.39, 0.29) is 0 Å². The van der Waals surface area contributed by atoms with Gasteiger partial charge in [-0.2, -0.15) is 23.5 Å². The monoisotopic (exact) mass is 235 g/mol. The Hall–Kier alpha value is 0.660. The zero-order valence-corrected chi connectivity index (χ0v) is 11.3. The van der Waals surface area contributed by atoms with E-state index in [2.05, 4.69) is 17.8 Å². The molecule has 0 saturated heterocycles. The molecule has 0 amide bonds. The second kappa shape index (κ2) is 13.7. The zero-order chi connectivity index (χ0) is 10.5. The van der Waals surface area contributed by atoms with Crippen LogP contribution in [0.3, 0.4) is 0 Å². The van der Waals surface area contributed by atoms with Crippen LogP contribution in [0.2, 0.25) is 0 Å². The van der Waals surface area contributed by atoms with Crippen LogP contribution in [-0.4, -0.2) is 37.1 Å². The molecule has 0 atom stereocenters. The normalized spacial score (nSPS) is 10.7. The molecule has 0 spiro atoms. The van der Waals surface area contributed by atoms with E-state index in [0.717, 1.165) is 0 Å². The van der Waals surface area contributed by atoms with Gasteiger partial charge in [-0.1, -0.05) is 6.42 Å². The van der Waals surface area contributed by atoms with Crippen molar-refractivity contribution in [3.8, 4) is 0 Å². The summed E-state index contributed by atoms with van der Waals surface area (Å²) in [7, 11) is 0. The highest BCUT2D eigenvalue weighted by Gasteiger charge is 1.90. The molecular formula is C11H25NS2. The number of nitrogens with one attached hydrogen (secondary N) is 1. The van der Waals surface area contributed by atoms with Crippen LogP contribution < -0.4 is 5.32 Å². The molecule has 0 saturated carbocycles. The number of hydrogen-bond acceptors (Lipinski definition) is 3. The lowest BCUT2D eigenvalue weighted by Crippen LogP contribution is -2.16.